The lowest BCUT2D eigenvalue weighted by molar-refractivity contribution is 0.0552. The normalized spacial score (nSPS) is 11.4. The first-order chi connectivity index (χ1) is 12.8. The van der Waals surface area contributed by atoms with Gasteiger partial charge < -0.3 is 14.6 Å². The summed E-state index contributed by atoms with van der Waals surface area (Å²) in [7, 11) is 1.58. The van der Waals surface area contributed by atoms with Crippen LogP contribution in [-0.4, -0.2) is 33.4 Å². The van der Waals surface area contributed by atoms with Gasteiger partial charge in [-0.25, -0.2) is 0 Å². The van der Waals surface area contributed by atoms with E-state index < -0.39 is 5.54 Å². The second-order valence-electron chi connectivity index (χ2n) is 7.35. The third-order valence-electron chi connectivity index (χ3n) is 4.40. The highest BCUT2D eigenvalue weighted by Gasteiger charge is 2.29. The summed E-state index contributed by atoms with van der Waals surface area (Å²) in [5.74, 6) is 0.463. The minimum absolute atomic E-state index is 0.191. The fourth-order valence-electron chi connectivity index (χ4n) is 2.88. The van der Waals surface area contributed by atoms with Gasteiger partial charge in [0, 0.05) is 23.4 Å². The van der Waals surface area contributed by atoms with Crippen molar-refractivity contribution in [3.63, 3.8) is 0 Å². The van der Waals surface area contributed by atoms with Gasteiger partial charge in [-0.05, 0) is 56.5 Å². The maximum atomic E-state index is 13.0. The van der Waals surface area contributed by atoms with Gasteiger partial charge in [-0.2, -0.15) is 0 Å². The molecule has 0 atom stereocenters. The summed E-state index contributed by atoms with van der Waals surface area (Å²) in [5, 5.41) is 0.879. The molecule has 140 valence electrons. The Bertz CT molecular complexity index is 1020. The van der Waals surface area contributed by atoms with Crippen LogP contribution < -0.4 is 10.3 Å². The van der Waals surface area contributed by atoms with Crippen LogP contribution in [0.15, 0.2) is 53.5 Å². The molecule has 0 fully saturated rings. The van der Waals surface area contributed by atoms with Crippen molar-refractivity contribution in [3.8, 4) is 5.75 Å². The molecule has 1 amide bonds. The average Bonchev–Trinajstić information content (AvgIpc) is 2.65. The molecule has 3 rings (SSSR count). The van der Waals surface area contributed by atoms with Crippen LogP contribution in [0.25, 0.3) is 10.9 Å². The monoisotopic (exact) mass is 365 g/mol. The molecule has 0 aliphatic rings. The number of methoxy groups -OCH3 is 1. The van der Waals surface area contributed by atoms with Crippen LogP contribution in [-0.2, 0) is 6.54 Å². The second kappa shape index (κ2) is 7.23. The van der Waals surface area contributed by atoms with Crippen LogP contribution >= 0.6 is 0 Å². The molecule has 0 spiro atoms. The number of hydrogen-bond donors (Lipinski definition) is 1. The number of carbonyl (C=O) groups is 1. The summed E-state index contributed by atoms with van der Waals surface area (Å²) in [6.07, 6.45) is 1.59. The molecule has 0 unspecified atom stereocenters. The molecule has 3 aromatic rings. The van der Waals surface area contributed by atoms with E-state index in [-0.39, 0.29) is 18.0 Å². The highest BCUT2D eigenvalue weighted by molar-refractivity contribution is 5.92. The Labute approximate surface area is 157 Å². The molecule has 1 N–H and O–H groups in total. The number of nitrogens with one attached hydrogen (secondary N) is 1. The molecular weight excluding hydrogens is 342 g/mol. The van der Waals surface area contributed by atoms with E-state index >= 15 is 0 Å². The number of nitrogens with zero attached hydrogens (tertiary/aromatic N) is 2. The fraction of sp³-hybridized carbons (Fsp3) is 0.286. The van der Waals surface area contributed by atoms with Gasteiger partial charge in [0.25, 0.3) is 11.5 Å². The van der Waals surface area contributed by atoms with Crippen LogP contribution in [0.3, 0.4) is 0 Å². The summed E-state index contributed by atoms with van der Waals surface area (Å²) in [5.41, 5.74) is 0.872. The molecular formula is C21H23N3O3. The molecule has 0 aliphatic heterocycles. The number of aromatic nitrogens is 2. The average molecular weight is 365 g/mol. The molecule has 0 aliphatic carbocycles. The minimum atomic E-state index is -0.476. The van der Waals surface area contributed by atoms with Crippen molar-refractivity contribution in [2.75, 3.05) is 7.11 Å². The second-order valence-corrected chi connectivity index (χ2v) is 7.35. The third kappa shape index (κ3) is 4.00. The smallest absolute Gasteiger partial charge is 0.273 e. The van der Waals surface area contributed by atoms with E-state index in [1.54, 1.807) is 42.5 Å². The molecule has 0 radical (unpaired) electrons. The Hall–Kier alpha value is -3.15. The van der Waals surface area contributed by atoms with Gasteiger partial charge in [0.15, 0.2) is 0 Å². The largest absolute Gasteiger partial charge is 0.497 e. The molecule has 27 heavy (non-hydrogen) atoms. The lowest BCUT2D eigenvalue weighted by Gasteiger charge is -2.35. The molecule has 2 aromatic heterocycles. The zero-order valence-electron chi connectivity index (χ0n) is 15.9. The molecule has 6 heteroatoms. The van der Waals surface area contributed by atoms with E-state index in [1.807, 2.05) is 39.0 Å². The molecule has 2 heterocycles. The summed E-state index contributed by atoms with van der Waals surface area (Å²) >= 11 is 0. The summed E-state index contributed by atoms with van der Waals surface area (Å²) in [6, 6.07) is 12.5. The number of pyridine rings is 2. The standard InChI is InChI=1S/C21H23N3O3/c1-21(2,3)24(20(26)17-7-5-6-10-22-17)13-15-11-14-8-9-16(27-4)12-18(14)23-19(15)25/h5-12H,13H2,1-4H3,(H,23,25). The predicted octanol–water partition coefficient (Wildman–Crippen LogP) is 3.37. The quantitative estimate of drug-likeness (QED) is 0.769. The zero-order valence-corrected chi connectivity index (χ0v) is 15.9. The van der Waals surface area contributed by atoms with Crippen molar-refractivity contribution in [1.29, 1.82) is 0 Å². The van der Waals surface area contributed by atoms with Crippen molar-refractivity contribution in [3.05, 3.63) is 70.3 Å². The van der Waals surface area contributed by atoms with Gasteiger partial charge in [0.1, 0.15) is 11.4 Å². The van der Waals surface area contributed by atoms with E-state index in [2.05, 4.69) is 9.97 Å². The Morgan fingerprint density at radius 3 is 2.59 bits per heavy atom. The van der Waals surface area contributed by atoms with Gasteiger partial charge in [-0.15, -0.1) is 0 Å². The van der Waals surface area contributed by atoms with Gasteiger partial charge in [-0.3, -0.25) is 14.6 Å². The lowest BCUT2D eigenvalue weighted by atomic mass is 10.0. The number of amides is 1. The van der Waals surface area contributed by atoms with Gasteiger partial charge in [-0.1, -0.05) is 6.07 Å². The molecule has 1 aromatic carbocycles. The maximum Gasteiger partial charge on any atom is 0.273 e. The Balaban J connectivity index is 2.00. The highest BCUT2D eigenvalue weighted by Crippen LogP contribution is 2.22. The van der Waals surface area contributed by atoms with E-state index in [0.29, 0.717) is 22.5 Å². The summed E-state index contributed by atoms with van der Waals surface area (Å²) < 4.78 is 5.20. The number of fused-ring (bicyclic) bond motifs is 1. The van der Waals surface area contributed by atoms with Gasteiger partial charge >= 0.3 is 0 Å². The predicted molar refractivity (Wildman–Crippen MR) is 105 cm³/mol. The lowest BCUT2D eigenvalue weighted by Crippen LogP contribution is -2.46. The van der Waals surface area contributed by atoms with Crippen LogP contribution in [0.5, 0.6) is 5.75 Å². The number of hydrogen-bond acceptors (Lipinski definition) is 4. The fourth-order valence-corrected chi connectivity index (χ4v) is 2.88. The molecule has 0 bridgehead atoms. The SMILES string of the molecule is COc1ccc2cc(CN(C(=O)c3ccccn3)C(C)(C)C)c(=O)[nH]c2c1. The van der Waals surface area contributed by atoms with E-state index in [1.165, 1.54) is 0 Å². The topological polar surface area (TPSA) is 75.3 Å². The Morgan fingerprint density at radius 2 is 1.96 bits per heavy atom. The Morgan fingerprint density at radius 1 is 1.19 bits per heavy atom. The number of aromatic amines is 1. The number of carbonyl (C=O) groups excluding carboxylic acids is 1. The first-order valence-electron chi connectivity index (χ1n) is 8.72. The maximum absolute atomic E-state index is 13.0. The van der Waals surface area contributed by atoms with Gasteiger partial charge in [0.2, 0.25) is 0 Å². The van der Waals surface area contributed by atoms with Crippen LogP contribution in [0.1, 0.15) is 36.8 Å². The molecule has 0 saturated heterocycles. The van der Waals surface area contributed by atoms with E-state index in [4.69, 9.17) is 4.74 Å². The first kappa shape index (κ1) is 18.6. The van der Waals surface area contributed by atoms with Crippen LogP contribution in [0.2, 0.25) is 0 Å². The van der Waals surface area contributed by atoms with Crippen molar-refractivity contribution in [2.45, 2.75) is 32.9 Å². The molecule has 6 nitrogen and oxygen atoms in total. The first-order valence-corrected chi connectivity index (χ1v) is 8.72. The van der Waals surface area contributed by atoms with E-state index in [9.17, 15) is 9.59 Å². The van der Waals surface area contributed by atoms with Crippen LogP contribution in [0, 0.1) is 0 Å². The zero-order chi connectivity index (χ0) is 19.6. The van der Waals surface area contributed by atoms with Crippen molar-refractivity contribution < 1.29 is 9.53 Å². The van der Waals surface area contributed by atoms with Crippen molar-refractivity contribution >= 4 is 16.8 Å². The number of rotatable bonds is 4. The highest BCUT2D eigenvalue weighted by atomic mass is 16.5. The van der Waals surface area contributed by atoms with E-state index in [0.717, 1.165) is 5.39 Å². The number of benzene rings is 1. The van der Waals surface area contributed by atoms with Gasteiger partial charge in [0.05, 0.1) is 19.2 Å². The number of ether oxygens (including phenoxy) is 1. The molecule has 0 saturated carbocycles. The van der Waals surface area contributed by atoms with Crippen molar-refractivity contribution in [2.24, 2.45) is 0 Å². The number of H-pyrrole nitrogens is 1. The summed E-state index contributed by atoms with van der Waals surface area (Å²) in [4.78, 5) is 34.3. The summed E-state index contributed by atoms with van der Waals surface area (Å²) in [6.45, 7) is 6.01. The minimum Gasteiger partial charge on any atom is -0.497 e. The Kier molecular flexibility index (Phi) is 4.99. The van der Waals surface area contributed by atoms with Crippen molar-refractivity contribution in [1.82, 2.24) is 14.9 Å². The third-order valence-corrected chi connectivity index (χ3v) is 4.40. The van der Waals surface area contributed by atoms with Crippen LogP contribution in [0.4, 0.5) is 0 Å².